The number of carbonyl (C=O) groups is 1. The number of sulfonamides is 1. The van der Waals surface area contributed by atoms with Gasteiger partial charge < -0.3 is 9.84 Å². The van der Waals surface area contributed by atoms with Crippen molar-refractivity contribution in [2.24, 2.45) is 0 Å². The Labute approximate surface area is 142 Å². The van der Waals surface area contributed by atoms with Gasteiger partial charge in [0, 0.05) is 12.6 Å². The van der Waals surface area contributed by atoms with E-state index in [1.165, 1.54) is 16.4 Å². The summed E-state index contributed by atoms with van der Waals surface area (Å²) >= 11 is 6.80. The molecule has 1 aliphatic rings. The first-order valence-corrected chi connectivity index (χ1v) is 9.53. The predicted octanol–water partition coefficient (Wildman–Crippen LogP) is 2.49. The number of anilines is 1. The number of aryl methyl sites for hydroxylation is 1. The third kappa shape index (κ3) is 3.27. The van der Waals surface area contributed by atoms with Gasteiger partial charge in [-0.25, -0.2) is 8.42 Å². The Morgan fingerprint density at radius 3 is 2.91 bits per heavy atom. The molecule has 2 aromatic rings. The largest absolute Gasteiger partial charge is 0.360 e. The zero-order valence-electron chi connectivity index (χ0n) is 12.2. The third-order valence-electron chi connectivity index (χ3n) is 3.50. The second-order valence-electron chi connectivity index (χ2n) is 5.14. The lowest BCUT2D eigenvalue weighted by Gasteiger charge is -2.22. The molecule has 0 aliphatic carbocycles. The van der Waals surface area contributed by atoms with Crippen molar-refractivity contribution >= 4 is 44.7 Å². The van der Waals surface area contributed by atoms with Crippen LogP contribution in [0.2, 0.25) is 4.34 Å². The van der Waals surface area contributed by atoms with Crippen molar-refractivity contribution in [2.45, 2.75) is 30.0 Å². The summed E-state index contributed by atoms with van der Waals surface area (Å²) in [4.78, 5) is 12.4. The van der Waals surface area contributed by atoms with E-state index in [0.29, 0.717) is 29.5 Å². The molecule has 0 saturated carbocycles. The topological polar surface area (TPSA) is 92.5 Å². The highest BCUT2D eigenvalue weighted by Gasteiger charge is 2.40. The quantitative estimate of drug-likeness (QED) is 0.886. The van der Waals surface area contributed by atoms with Crippen LogP contribution < -0.4 is 5.32 Å². The lowest BCUT2D eigenvalue weighted by atomic mass is 10.2. The average molecular weight is 376 g/mol. The molecular weight excluding hydrogens is 362 g/mol. The Hall–Kier alpha value is -1.42. The van der Waals surface area contributed by atoms with Gasteiger partial charge in [-0.3, -0.25) is 4.79 Å². The van der Waals surface area contributed by atoms with E-state index in [4.69, 9.17) is 16.1 Å². The molecule has 1 aliphatic heterocycles. The van der Waals surface area contributed by atoms with Gasteiger partial charge >= 0.3 is 0 Å². The lowest BCUT2D eigenvalue weighted by molar-refractivity contribution is -0.119. The van der Waals surface area contributed by atoms with Crippen LogP contribution in [0.15, 0.2) is 26.9 Å². The molecule has 2 aromatic heterocycles. The molecule has 0 radical (unpaired) electrons. The molecule has 0 spiro atoms. The molecule has 1 fully saturated rings. The van der Waals surface area contributed by atoms with Crippen LogP contribution >= 0.6 is 22.9 Å². The number of rotatable bonds is 4. The van der Waals surface area contributed by atoms with Crippen LogP contribution in [0, 0.1) is 6.92 Å². The van der Waals surface area contributed by atoms with Crippen molar-refractivity contribution in [3.63, 3.8) is 0 Å². The van der Waals surface area contributed by atoms with Crippen molar-refractivity contribution in [3.8, 4) is 0 Å². The summed E-state index contributed by atoms with van der Waals surface area (Å²) in [7, 11) is -3.74. The number of hydrogen-bond donors (Lipinski definition) is 1. The van der Waals surface area contributed by atoms with Gasteiger partial charge in [-0.2, -0.15) is 4.31 Å². The second kappa shape index (κ2) is 6.23. The van der Waals surface area contributed by atoms with Gasteiger partial charge in [-0.05, 0) is 31.9 Å². The average Bonchev–Trinajstić information content (AvgIpc) is 3.19. The molecule has 7 nitrogen and oxygen atoms in total. The molecule has 0 unspecified atom stereocenters. The smallest absolute Gasteiger partial charge is 0.253 e. The van der Waals surface area contributed by atoms with Crippen LogP contribution in [-0.4, -0.2) is 36.4 Å². The van der Waals surface area contributed by atoms with Crippen LogP contribution in [0.25, 0.3) is 0 Å². The minimum atomic E-state index is -3.74. The maximum atomic E-state index is 12.7. The monoisotopic (exact) mass is 375 g/mol. The molecule has 1 saturated heterocycles. The first-order valence-electron chi connectivity index (χ1n) is 6.89. The minimum Gasteiger partial charge on any atom is -0.360 e. The maximum absolute atomic E-state index is 12.7. The Morgan fingerprint density at radius 2 is 2.30 bits per heavy atom. The number of halogens is 1. The van der Waals surface area contributed by atoms with Crippen LogP contribution in [0.5, 0.6) is 0 Å². The van der Waals surface area contributed by atoms with E-state index < -0.39 is 22.0 Å². The normalized spacial score (nSPS) is 19.1. The van der Waals surface area contributed by atoms with Crippen molar-refractivity contribution in [3.05, 3.63) is 28.3 Å². The molecular formula is C13H14ClN3O4S2. The molecule has 23 heavy (non-hydrogen) atoms. The van der Waals surface area contributed by atoms with E-state index in [9.17, 15) is 13.2 Å². The lowest BCUT2D eigenvalue weighted by Crippen LogP contribution is -2.42. The van der Waals surface area contributed by atoms with Crippen LogP contribution in [0.4, 0.5) is 5.82 Å². The van der Waals surface area contributed by atoms with E-state index in [1.54, 1.807) is 13.0 Å². The molecule has 0 bridgehead atoms. The standard InChI is InChI=1S/C13H14ClN3O4S2/c1-8-7-11(16-21-8)15-13(18)9-3-2-6-17(9)23(19,20)12-5-4-10(14)22-12/h4-5,7,9H,2-3,6H2,1H3,(H,15,16,18)/t9-/m0/s1. The second-order valence-corrected chi connectivity index (χ2v) is 8.98. The summed E-state index contributed by atoms with van der Waals surface area (Å²) in [6, 6.07) is 3.79. The first-order chi connectivity index (χ1) is 10.9. The molecule has 1 amide bonds. The Bertz CT molecular complexity index is 830. The number of nitrogens with one attached hydrogen (secondary N) is 1. The van der Waals surface area contributed by atoms with E-state index >= 15 is 0 Å². The van der Waals surface area contributed by atoms with Gasteiger partial charge in [0.15, 0.2) is 5.82 Å². The minimum absolute atomic E-state index is 0.138. The maximum Gasteiger partial charge on any atom is 0.253 e. The number of hydrogen-bond acceptors (Lipinski definition) is 6. The van der Waals surface area contributed by atoms with Gasteiger partial charge in [-0.15, -0.1) is 11.3 Å². The molecule has 124 valence electrons. The van der Waals surface area contributed by atoms with Gasteiger partial charge in [0.1, 0.15) is 16.0 Å². The Morgan fingerprint density at radius 1 is 1.52 bits per heavy atom. The van der Waals surface area contributed by atoms with E-state index in [2.05, 4.69) is 10.5 Å². The molecule has 1 N–H and O–H groups in total. The van der Waals surface area contributed by atoms with Crippen LogP contribution in [0.3, 0.4) is 0 Å². The first kappa shape index (κ1) is 16.4. The molecule has 0 aromatic carbocycles. The fourth-order valence-electron chi connectivity index (χ4n) is 2.48. The highest BCUT2D eigenvalue weighted by atomic mass is 35.5. The Kier molecular flexibility index (Phi) is 4.45. The molecule has 10 heteroatoms. The van der Waals surface area contributed by atoms with Crippen molar-refractivity contribution in [2.75, 3.05) is 11.9 Å². The molecule has 3 heterocycles. The Balaban J connectivity index is 1.81. The van der Waals surface area contributed by atoms with Crippen LogP contribution in [-0.2, 0) is 14.8 Å². The number of aromatic nitrogens is 1. The van der Waals surface area contributed by atoms with Crippen molar-refractivity contribution in [1.29, 1.82) is 0 Å². The zero-order valence-corrected chi connectivity index (χ0v) is 14.5. The SMILES string of the molecule is Cc1cc(NC(=O)[C@@H]2CCCN2S(=O)(=O)c2ccc(Cl)s2)no1. The zero-order chi connectivity index (χ0) is 16.6. The van der Waals surface area contributed by atoms with Gasteiger partial charge in [-0.1, -0.05) is 16.8 Å². The van der Waals surface area contributed by atoms with Crippen LogP contribution in [0.1, 0.15) is 18.6 Å². The number of carbonyl (C=O) groups excluding carboxylic acids is 1. The van der Waals surface area contributed by atoms with Crippen molar-refractivity contribution in [1.82, 2.24) is 9.46 Å². The number of nitrogens with zero attached hydrogens (tertiary/aromatic N) is 2. The fourth-order valence-corrected chi connectivity index (χ4v) is 5.75. The van der Waals surface area contributed by atoms with Gasteiger partial charge in [0.05, 0.1) is 4.34 Å². The van der Waals surface area contributed by atoms with Crippen molar-refractivity contribution < 1.29 is 17.7 Å². The number of amides is 1. The van der Waals surface area contributed by atoms with Gasteiger partial charge in [0.25, 0.3) is 10.0 Å². The highest BCUT2D eigenvalue weighted by molar-refractivity contribution is 7.91. The van der Waals surface area contributed by atoms with E-state index in [0.717, 1.165) is 11.3 Å². The summed E-state index contributed by atoms with van der Waals surface area (Å²) in [5.74, 6) is 0.419. The van der Waals surface area contributed by atoms with Gasteiger partial charge in [0.2, 0.25) is 5.91 Å². The summed E-state index contributed by atoms with van der Waals surface area (Å²) in [5.41, 5.74) is 0. The summed E-state index contributed by atoms with van der Waals surface area (Å²) in [5, 5.41) is 6.28. The molecule has 1 atom stereocenters. The van der Waals surface area contributed by atoms with E-state index in [-0.39, 0.29) is 10.0 Å². The van der Waals surface area contributed by atoms with E-state index in [1.807, 2.05) is 0 Å². The summed E-state index contributed by atoms with van der Waals surface area (Å²) in [6.07, 6.45) is 1.08. The number of thiophene rings is 1. The molecule has 3 rings (SSSR count). The fraction of sp³-hybridized carbons (Fsp3) is 0.385. The summed E-state index contributed by atoms with van der Waals surface area (Å²) in [6.45, 7) is 2.00. The predicted molar refractivity (Wildman–Crippen MR) is 86.1 cm³/mol. The summed E-state index contributed by atoms with van der Waals surface area (Å²) < 4.78 is 32.0. The third-order valence-corrected chi connectivity index (χ3v) is 7.10. The highest BCUT2D eigenvalue weighted by Crippen LogP contribution is 2.32.